The number of hydrogen-bond donors (Lipinski definition) is 2. The molecule has 68 valence electrons. The van der Waals surface area contributed by atoms with Crippen LogP contribution in [0.1, 0.15) is 11.1 Å². The molecule has 1 aromatic heterocycles. The molecule has 0 fully saturated rings. The van der Waals surface area contributed by atoms with E-state index in [4.69, 9.17) is 10.2 Å². The Morgan fingerprint density at radius 3 is 2.54 bits per heavy atom. The first-order valence-electron chi connectivity index (χ1n) is 3.92. The standard InChI is InChI=1S/C9H9NO2S/c11-3-6-1-8-9(13-5-10-8)2-7(6)4-12/h1-2,5,11-12H,3-4H2. The summed E-state index contributed by atoms with van der Waals surface area (Å²) in [6, 6.07) is 3.69. The second-order valence-electron chi connectivity index (χ2n) is 2.76. The van der Waals surface area contributed by atoms with Crippen molar-refractivity contribution in [3.8, 4) is 0 Å². The number of hydrogen-bond acceptors (Lipinski definition) is 4. The highest BCUT2D eigenvalue weighted by atomic mass is 32.1. The molecule has 3 nitrogen and oxygen atoms in total. The third kappa shape index (κ3) is 1.44. The molecule has 0 aliphatic carbocycles. The topological polar surface area (TPSA) is 53.4 Å². The second-order valence-corrected chi connectivity index (χ2v) is 3.64. The monoisotopic (exact) mass is 195 g/mol. The van der Waals surface area contributed by atoms with Gasteiger partial charge in [-0.05, 0) is 23.3 Å². The Labute approximate surface area is 79.3 Å². The maximum atomic E-state index is 9.02. The molecule has 0 unspecified atom stereocenters. The highest BCUT2D eigenvalue weighted by Crippen LogP contribution is 2.22. The summed E-state index contributed by atoms with van der Waals surface area (Å²) in [5.41, 5.74) is 4.17. The van der Waals surface area contributed by atoms with Crippen LogP contribution in [0.25, 0.3) is 10.2 Å². The average Bonchev–Trinajstić information content (AvgIpc) is 2.62. The van der Waals surface area contributed by atoms with E-state index in [0.717, 1.165) is 21.3 Å². The van der Waals surface area contributed by atoms with Crippen LogP contribution in [0.3, 0.4) is 0 Å². The summed E-state index contributed by atoms with van der Waals surface area (Å²) in [4.78, 5) is 4.13. The zero-order valence-corrected chi connectivity index (χ0v) is 7.71. The van der Waals surface area contributed by atoms with Gasteiger partial charge in [-0.15, -0.1) is 11.3 Å². The minimum Gasteiger partial charge on any atom is -0.392 e. The molecular formula is C9H9NO2S. The van der Waals surface area contributed by atoms with Gasteiger partial charge in [-0.1, -0.05) is 0 Å². The van der Waals surface area contributed by atoms with E-state index in [1.807, 2.05) is 12.1 Å². The molecule has 2 aromatic rings. The quantitative estimate of drug-likeness (QED) is 0.759. The van der Waals surface area contributed by atoms with Gasteiger partial charge >= 0.3 is 0 Å². The maximum Gasteiger partial charge on any atom is 0.0815 e. The lowest BCUT2D eigenvalue weighted by Crippen LogP contribution is -1.93. The molecule has 1 heterocycles. The summed E-state index contributed by atoms with van der Waals surface area (Å²) < 4.78 is 1.04. The van der Waals surface area contributed by atoms with E-state index in [2.05, 4.69) is 4.98 Å². The highest BCUT2D eigenvalue weighted by Gasteiger charge is 2.04. The first-order chi connectivity index (χ1) is 6.35. The van der Waals surface area contributed by atoms with Gasteiger partial charge in [-0.2, -0.15) is 0 Å². The first-order valence-corrected chi connectivity index (χ1v) is 4.80. The van der Waals surface area contributed by atoms with E-state index in [1.165, 1.54) is 11.3 Å². The van der Waals surface area contributed by atoms with Gasteiger partial charge in [0.25, 0.3) is 0 Å². The molecule has 2 N–H and O–H groups in total. The number of benzene rings is 1. The zero-order chi connectivity index (χ0) is 9.26. The lowest BCUT2D eigenvalue weighted by molar-refractivity contribution is 0.260. The molecule has 1 aromatic carbocycles. The van der Waals surface area contributed by atoms with Crippen molar-refractivity contribution in [2.75, 3.05) is 0 Å². The van der Waals surface area contributed by atoms with Crippen LogP contribution >= 0.6 is 11.3 Å². The molecule has 2 rings (SSSR count). The van der Waals surface area contributed by atoms with Gasteiger partial charge in [0.05, 0.1) is 28.9 Å². The summed E-state index contributed by atoms with van der Waals surface area (Å²) in [5.74, 6) is 0. The fourth-order valence-corrected chi connectivity index (χ4v) is 2.01. The van der Waals surface area contributed by atoms with Crippen LogP contribution in [0.4, 0.5) is 0 Å². The van der Waals surface area contributed by atoms with Gasteiger partial charge in [0.2, 0.25) is 0 Å². The molecule has 0 aliphatic rings. The van der Waals surface area contributed by atoms with Crippen molar-refractivity contribution in [1.29, 1.82) is 0 Å². The van der Waals surface area contributed by atoms with Crippen molar-refractivity contribution in [3.05, 3.63) is 28.8 Å². The minimum atomic E-state index is -0.0522. The highest BCUT2D eigenvalue weighted by molar-refractivity contribution is 7.16. The molecule has 0 aliphatic heterocycles. The van der Waals surface area contributed by atoms with Crippen molar-refractivity contribution < 1.29 is 10.2 Å². The Hall–Kier alpha value is -0.970. The SMILES string of the molecule is OCc1cc2ncsc2cc1CO. The molecule has 0 saturated heterocycles. The number of rotatable bonds is 2. The van der Waals surface area contributed by atoms with Gasteiger partial charge in [0.15, 0.2) is 0 Å². The van der Waals surface area contributed by atoms with Gasteiger partial charge in [-0.3, -0.25) is 0 Å². The van der Waals surface area contributed by atoms with Crippen molar-refractivity contribution in [2.24, 2.45) is 0 Å². The van der Waals surface area contributed by atoms with Crippen molar-refractivity contribution in [1.82, 2.24) is 4.98 Å². The maximum absolute atomic E-state index is 9.02. The predicted octanol–water partition coefficient (Wildman–Crippen LogP) is 1.28. The number of aliphatic hydroxyl groups excluding tert-OH is 2. The molecule has 0 atom stereocenters. The Morgan fingerprint density at radius 2 is 1.85 bits per heavy atom. The average molecular weight is 195 g/mol. The van der Waals surface area contributed by atoms with Crippen LogP contribution in [0.15, 0.2) is 17.6 Å². The normalized spacial score (nSPS) is 10.9. The number of nitrogens with zero attached hydrogens (tertiary/aromatic N) is 1. The van der Waals surface area contributed by atoms with Crippen LogP contribution in [-0.4, -0.2) is 15.2 Å². The number of aliphatic hydroxyl groups is 2. The summed E-state index contributed by atoms with van der Waals surface area (Å²) in [7, 11) is 0. The van der Waals surface area contributed by atoms with E-state index >= 15 is 0 Å². The number of thiazole rings is 1. The fourth-order valence-electron chi connectivity index (χ4n) is 1.28. The van der Waals surface area contributed by atoms with Gasteiger partial charge in [0.1, 0.15) is 0 Å². The summed E-state index contributed by atoms with van der Waals surface area (Å²) in [6.07, 6.45) is 0. The van der Waals surface area contributed by atoms with Crippen molar-refractivity contribution in [2.45, 2.75) is 13.2 Å². The fraction of sp³-hybridized carbons (Fsp3) is 0.222. The second kappa shape index (κ2) is 3.41. The summed E-state index contributed by atoms with van der Waals surface area (Å²) in [6.45, 7) is -0.0902. The largest absolute Gasteiger partial charge is 0.392 e. The van der Waals surface area contributed by atoms with E-state index in [1.54, 1.807) is 5.51 Å². The minimum absolute atomic E-state index is 0.0380. The number of fused-ring (bicyclic) bond motifs is 1. The van der Waals surface area contributed by atoms with E-state index in [9.17, 15) is 0 Å². The lowest BCUT2D eigenvalue weighted by Gasteiger charge is -2.03. The van der Waals surface area contributed by atoms with Gasteiger partial charge in [0, 0.05) is 0 Å². The molecule has 0 saturated carbocycles. The lowest BCUT2D eigenvalue weighted by atomic mass is 10.1. The Balaban J connectivity index is 2.67. The van der Waals surface area contributed by atoms with Crippen molar-refractivity contribution >= 4 is 21.6 Å². The zero-order valence-electron chi connectivity index (χ0n) is 6.90. The molecule has 0 amide bonds. The van der Waals surface area contributed by atoms with E-state index in [-0.39, 0.29) is 13.2 Å². The van der Waals surface area contributed by atoms with Crippen LogP contribution in [0.5, 0.6) is 0 Å². The smallest absolute Gasteiger partial charge is 0.0815 e. The van der Waals surface area contributed by atoms with Crippen molar-refractivity contribution in [3.63, 3.8) is 0 Å². The van der Waals surface area contributed by atoms with Crippen LogP contribution in [0.2, 0.25) is 0 Å². The summed E-state index contributed by atoms with van der Waals surface area (Å²) in [5, 5.41) is 18.0. The van der Waals surface area contributed by atoms with Crippen LogP contribution in [-0.2, 0) is 13.2 Å². The summed E-state index contributed by atoms with van der Waals surface area (Å²) >= 11 is 1.53. The number of aromatic nitrogens is 1. The Morgan fingerprint density at radius 1 is 1.15 bits per heavy atom. The van der Waals surface area contributed by atoms with E-state index < -0.39 is 0 Å². The first kappa shape index (κ1) is 8.62. The van der Waals surface area contributed by atoms with Crippen LogP contribution < -0.4 is 0 Å². The van der Waals surface area contributed by atoms with E-state index in [0.29, 0.717) is 0 Å². The molecule has 0 spiro atoms. The molecule has 0 radical (unpaired) electrons. The van der Waals surface area contributed by atoms with Gasteiger partial charge in [-0.25, -0.2) is 4.98 Å². The molecule has 0 bridgehead atoms. The Bertz CT molecular complexity index is 386. The Kier molecular flexibility index (Phi) is 2.26. The van der Waals surface area contributed by atoms with Gasteiger partial charge < -0.3 is 10.2 Å². The third-order valence-electron chi connectivity index (χ3n) is 1.99. The third-order valence-corrected chi connectivity index (χ3v) is 2.79. The molecule has 4 heteroatoms. The molecule has 13 heavy (non-hydrogen) atoms. The van der Waals surface area contributed by atoms with Crippen LogP contribution in [0, 0.1) is 0 Å². The predicted molar refractivity (Wildman–Crippen MR) is 51.5 cm³/mol. The molecular weight excluding hydrogens is 186 g/mol.